The number of aliphatic imine (C=N–C) groups is 1. The Morgan fingerprint density at radius 3 is 2.21 bits per heavy atom. The quantitative estimate of drug-likeness (QED) is 0.464. The summed E-state index contributed by atoms with van der Waals surface area (Å²) in [5.74, 6) is 0.762. The van der Waals surface area contributed by atoms with Gasteiger partial charge in [-0.25, -0.2) is 8.42 Å². The van der Waals surface area contributed by atoms with Crippen molar-refractivity contribution in [2.75, 3.05) is 26.4 Å². The number of benzene rings is 3. The van der Waals surface area contributed by atoms with E-state index < -0.39 is 9.84 Å². The van der Waals surface area contributed by atoms with E-state index in [4.69, 9.17) is 0 Å². The van der Waals surface area contributed by atoms with Gasteiger partial charge in [-0.05, 0) is 46.9 Å². The van der Waals surface area contributed by atoms with E-state index in [0.29, 0.717) is 11.4 Å². The van der Waals surface area contributed by atoms with Crippen LogP contribution in [0.15, 0.2) is 76.6 Å². The Balaban J connectivity index is 1.47. The third-order valence-corrected chi connectivity index (χ3v) is 5.98. The summed E-state index contributed by atoms with van der Waals surface area (Å²) >= 11 is 0. The van der Waals surface area contributed by atoms with Crippen LogP contribution in [-0.2, 0) is 22.7 Å². The number of fused-ring (bicyclic) bond motifs is 1. The van der Waals surface area contributed by atoms with Crippen molar-refractivity contribution < 1.29 is 8.42 Å². The van der Waals surface area contributed by atoms with E-state index in [1.165, 1.54) is 22.6 Å². The molecule has 6 heteroatoms. The molecule has 0 saturated carbocycles. The number of rotatable bonds is 7. The molecule has 0 aromatic heterocycles. The van der Waals surface area contributed by atoms with E-state index in [-0.39, 0.29) is 0 Å². The van der Waals surface area contributed by atoms with Crippen molar-refractivity contribution >= 4 is 26.6 Å². The molecule has 0 saturated heterocycles. The Labute approximate surface area is 172 Å². The van der Waals surface area contributed by atoms with Gasteiger partial charge in [0.15, 0.2) is 15.8 Å². The van der Waals surface area contributed by atoms with Crippen molar-refractivity contribution in [2.45, 2.75) is 17.7 Å². The van der Waals surface area contributed by atoms with E-state index in [9.17, 15) is 8.42 Å². The standard InChI is InChI=1S/C23H27N3O2S/c1-24-23(25-16-14-18-10-12-21(13-11-18)29(2,27)28)26-17-15-20-8-5-7-19-6-3-4-9-22(19)20/h3-13H,14-17H2,1-2H3,(H2,24,25,26). The summed E-state index contributed by atoms with van der Waals surface area (Å²) in [6.07, 6.45) is 2.92. The molecule has 0 spiro atoms. The molecule has 0 aliphatic carbocycles. The predicted octanol–water partition coefficient (Wildman–Crippen LogP) is 3.19. The van der Waals surface area contributed by atoms with Crippen LogP contribution in [0.25, 0.3) is 10.8 Å². The molecule has 29 heavy (non-hydrogen) atoms. The van der Waals surface area contributed by atoms with Crippen molar-refractivity contribution in [3.63, 3.8) is 0 Å². The van der Waals surface area contributed by atoms with Crippen LogP contribution in [0.2, 0.25) is 0 Å². The van der Waals surface area contributed by atoms with Gasteiger partial charge in [0.25, 0.3) is 0 Å². The first-order valence-corrected chi connectivity index (χ1v) is 11.6. The summed E-state index contributed by atoms with van der Waals surface area (Å²) in [5, 5.41) is 9.21. The van der Waals surface area contributed by atoms with Crippen molar-refractivity contribution in [1.29, 1.82) is 0 Å². The minimum absolute atomic E-state index is 0.347. The number of hydrogen-bond donors (Lipinski definition) is 2. The number of nitrogens with one attached hydrogen (secondary N) is 2. The fourth-order valence-electron chi connectivity index (χ4n) is 3.28. The third-order valence-electron chi connectivity index (χ3n) is 4.85. The third kappa shape index (κ3) is 5.81. The molecule has 3 aromatic rings. The lowest BCUT2D eigenvalue weighted by molar-refractivity contribution is 0.602. The molecule has 2 N–H and O–H groups in total. The Hall–Kier alpha value is -2.86. The monoisotopic (exact) mass is 409 g/mol. The van der Waals surface area contributed by atoms with Crippen LogP contribution < -0.4 is 10.6 Å². The Bertz CT molecular complexity index is 1090. The second-order valence-corrected chi connectivity index (χ2v) is 9.00. The molecule has 0 amide bonds. The zero-order valence-corrected chi connectivity index (χ0v) is 17.7. The Kier molecular flexibility index (Phi) is 6.88. The first-order valence-electron chi connectivity index (χ1n) is 9.67. The zero-order chi connectivity index (χ0) is 20.7. The predicted molar refractivity (Wildman–Crippen MR) is 120 cm³/mol. The summed E-state index contributed by atoms with van der Waals surface area (Å²) in [5.41, 5.74) is 2.40. The van der Waals surface area contributed by atoms with Crippen molar-refractivity contribution in [2.24, 2.45) is 4.99 Å². The van der Waals surface area contributed by atoms with Gasteiger partial charge in [-0.3, -0.25) is 4.99 Å². The van der Waals surface area contributed by atoms with Crippen LogP contribution in [0.3, 0.4) is 0 Å². The lowest BCUT2D eigenvalue weighted by atomic mass is 10.0. The van der Waals surface area contributed by atoms with Crippen LogP contribution in [0, 0.1) is 0 Å². The van der Waals surface area contributed by atoms with Crippen LogP contribution in [0.1, 0.15) is 11.1 Å². The molecule has 0 aliphatic rings. The van der Waals surface area contributed by atoms with Gasteiger partial charge in [-0.1, -0.05) is 54.6 Å². The van der Waals surface area contributed by atoms with Crippen LogP contribution in [0.4, 0.5) is 0 Å². The van der Waals surface area contributed by atoms with Crippen molar-refractivity contribution in [1.82, 2.24) is 10.6 Å². The molecule has 0 unspecified atom stereocenters. The molecule has 3 aromatic carbocycles. The molecular weight excluding hydrogens is 382 g/mol. The molecule has 5 nitrogen and oxygen atoms in total. The maximum atomic E-state index is 11.5. The van der Waals surface area contributed by atoms with Gasteiger partial charge in [-0.15, -0.1) is 0 Å². The molecule has 0 bridgehead atoms. The smallest absolute Gasteiger partial charge is 0.190 e. The lowest BCUT2D eigenvalue weighted by Gasteiger charge is -2.13. The normalized spacial score (nSPS) is 12.1. The molecule has 0 heterocycles. The molecule has 0 aliphatic heterocycles. The topological polar surface area (TPSA) is 70.6 Å². The first kappa shape index (κ1) is 20.9. The van der Waals surface area contributed by atoms with Gasteiger partial charge in [-0.2, -0.15) is 0 Å². The number of nitrogens with zero attached hydrogens (tertiary/aromatic N) is 1. The second-order valence-electron chi connectivity index (χ2n) is 6.98. The highest BCUT2D eigenvalue weighted by atomic mass is 32.2. The fourth-order valence-corrected chi connectivity index (χ4v) is 3.91. The summed E-state index contributed by atoms with van der Waals surface area (Å²) in [7, 11) is -1.39. The summed E-state index contributed by atoms with van der Waals surface area (Å²) in [4.78, 5) is 4.62. The SMILES string of the molecule is CN=C(NCCc1ccc(S(C)(=O)=O)cc1)NCCc1cccc2ccccc12. The minimum Gasteiger partial charge on any atom is -0.356 e. The summed E-state index contributed by atoms with van der Waals surface area (Å²) < 4.78 is 23.1. The van der Waals surface area contributed by atoms with Crippen molar-refractivity contribution in [3.05, 3.63) is 77.9 Å². The van der Waals surface area contributed by atoms with E-state index in [2.05, 4.69) is 58.1 Å². The van der Waals surface area contributed by atoms with Crippen LogP contribution >= 0.6 is 0 Å². The van der Waals surface area contributed by atoms with Crippen molar-refractivity contribution in [3.8, 4) is 0 Å². The molecule has 0 atom stereocenters. The van der Waals surface area contributed by atoms with Gasteiger partial charge in [0.1, 0.15) is 0 Å². The average molecular weight is 410 g/mol. The van der Waals surface area contributed by atoms with E-state index in [0.717, 1.165) is 30.9 Å². The Morgan fingerprint density at radius 1 is 0.862 bits per heavy atom. The molecular formula is C23H27N3O2S. The average Bonchev–Trinajstić information content (AvgIpc) is 2.72. The number of guanidine groups is 1. The van der Waals surface area contributed by atoms with Gasteiger partial charge < -0.3 is 10.6 Å². The van der Waals surface area contributed by atoms with E-state index in [1.807, 2.05) is 12.1 Å². The summed E-state index contributed by atoms with van der Waals surface area (Å²) in [6.45, 7) is 1.50. The van der Waals surface area contributed by atoms with Gasteiger partial charge in [0.05, 0.1) is 4.90 Å². The lowest BCUT2D eigenvalue weighted by Crippen LogP contribution is -2.39. The Morgan fingerprint density at radius 2 is 1.52 bits per heavy atom. The molecule has 0 fully saturated rings. The van der Waals surface area contributed by atoms with Crippen LogP contribution in [0.5, 0.6) is 0 Å². The molecule has 0 radical (unpaired) electrons. The largest absolute Gasteiger partial charge is 0.356 e. The highest BCUT2D eigenvalue weighted by Crippen LogP contribution is 2.18. The summed E-state index contributed by atoms with van der Waals surface area (Å²) in [6, 6.07) is 21.8. The molecule has 152 valence electrons. The maximum absolute atomic E-state index is 11.5. The highest BCUT2D eigenvalue weighted by molar-refractivity contribution is 7.90. The maximum Gasteiger partial charge on any atom is 0.190 e. The number of sulfone groups is 1. The minimum atomic E-state index is -3.15. The second kappa shape index (κ2) is 9.56. The highest BCUT2D eigenvalue weighted by Gasteiger charge is 2.06. The van der Waals surface area contributed by atoms with Gasteiger partial charge >= 0.3 is 0 Å². The zero-order valence-electron chi connectivity index (χ0n) is 16.9. The van der Waals surface area contributed by atoms with Crippen LogP contribution in [-0.4, -0.2) is 40.8 Å². The fraction of sp³-hybridized carbons (Fsp3) is 0.261. The van der Waals surface area contributed by atoms with E-state index >= 15 is 0 Å². The molecule has 3 rings (SSSR count). The van der Waals surface area contributed by atoms with Gasteiger partial charge in [0, 0.05) is 26.4 Å². The van der Waals surface area contributed by atoms with Gasteiger partial charge in [0.2, 0.25) is 0 Å². The number of hydrogen-bond acceptors (Lipinski definition) is 3. The van der Waals surface area contributed by atoms with E-state index in [1.54, 1.807) is 19.2 Å². The first-order chi connectivity index (χ1) is 14.0.